The molecule has 0 radical (unpaired) electrons. The van der Waals surface area contributed by atoms with Crippen LogP contribution in [0.5, 0.6) is 0 Å². The van der Waals surface area contributed by atoms with Gasteiger partial charge in [-0.15, -0.1) is 0 Å². The van der Waals surface area contributed by atoms with Crippen LogP contribution in [0.4, 0.5) is 26.0 Å². The van der Waals surface area contributed by atoms with E-state index in [9.17, 15) is 14.0 Å². The van der Waals surface area contributed by atoms with Gasteiger partial charge in [-0.3, -0.25) is 4.90 Å². The fraction of sp³-hybridized carbons (Fsp3) is 0.519. The molecule has 3 aromatic heterocycles. The highest BCUT2D eigenvalue weighted by atomic mass is 19.1. The molecule has 0 aliphatic carbocycles. The highest BCUT2D eigenvalue weighted by Gasteiger charge is 2.31. The van der Waals surface area contributed by atoms with Crippen LogP contribution >= 0.6 is 0 Å². The van der Waals surface area contributed by atoms with Crippen molar-refractivity contribution < 1.29 is 13.5 Å². The van der Waals surface area contributed by atoms with E-state index in [1.165, 1.54) is 4.52 Å². The van der Waals surface area contributed by atoms with Gasteiger partial charge in [-0.25, -0.2) is 18.3 Å². The minimum absolute atomic E-state index is 0.0161. The van der Waals surface area contributed by atoms with E-state index in [0.717, 1.165) is 50.3 Å². The smallest absolute Gasteiger partial charge is 0.171 e. The number of fused-ring (bicyclic) bond motifs is 1. The second kappa shape index (κ2) is 10.9. The molecule has 3 aromatic rings. The fourth-order valence-electron chi connectivity index (χ4n) is 5.85. The Labute approximate surface area is 226 Å². The van der Waals surface area contributed by atoms with E-state index in [4.69, 9.17) is 4.74 Å². The average Bonchev–Trinajstić information content (AvgIpc) is 3.54. The average molecular weight is 538 g/mol. The van der Waals surface area contributed by atoms with Crippen LogP contribution < -0.4 is 20.4 Å². The van der Waals surface area contributed by atoms with Gasteiger partial charge in [-0.05, 0) is 31.2 Å². The van der Waals surface area contributed by atoms with Crippen LogP contribution in [-0.2, 0) is 4.74 Å². The third kappa shape index (κ3) is 5.34. The van der Waals surface area contributed by atoms with Crippen molar-refractivity contribution in [1.29, 1.82) is 5.26 Å². The summed E-state index contributed by atoms with van der Waals surface area (Å²) >= 11 is 0. The van der Waals surface area contributed by atoms with Gasteiger partial charge in [0, 0.05) is 58.9 Å². The molecule has 0 amide bonds. The number of pyridine rings is 2. The Morgan fingerprint density at radius 1 is 1.10 bits per heavy atom. The van der Waals surface area contributed by atoms with Crippen LogP contribution in [0.3, 0.4) is 0 Å². The summed E-state index contributed by atoms with van der Waals surface area (Å²) < 4.78 is 36.2. The molecule has 39 heavy (non-hydrogen) atoms. The Kier molecular flexibility index (Phi) is 7.20. The minimum atomic E-state index is -0.903. The molecule has 6 heterocycles. The Bertz CT molecular complexity index is 1340. The molecule has 0 spiro atoms. The monoisotopic (exact) mass is 537 g/mol. The number of alkyl halides is 1. The van der Waals surface area contributed by atoms with E-state index in [1.54, 1.807) is 6.07 Å². The molecule has 6 rings (SSSR count). The Balaban J connectivity index is 1.05. The summed E-state index contributed by atoms with van der Waals surface area (Å²) in [6.45, 7) is 8.60. The maximum Gasteiger partial charge on any atom is 0.171 e. The summed E-state index contributed by atoms with van der Waals surface area (Å²) in [5.74, 6) is 0.256. The summed E-state index contributed by atoms with van der Waals surface area (Å²) in [5, 5.41) is 19.7. The van der Waals surface area contributed by atoms with Crippen molar-refractivity contribution in [2.24, 2.45) is 0 Å². The number of nitriles is 1. The Morgan fingerprint density at radius 2 is 1.95 bits per heavy atom. The van der Waals surface area contributed by atoms with Gasteiger partial charge in [0.25, 0.3) is 0 Å². The number of hydrogen-bond donors (Lipinski definition) is 2. The first kappa shape index (κ1) is 25.7. The van der Waals surface area contributed by atoms with Crippen molar-refractivity contribution in [3.63, 3.8) is 0 Å². The van der Waals surface area contributed by atoms with Gasteiger partial charge >= 0.3 is 0 Å². The number of ether oxygens (including phenoxy) is 1. The lowest BCUT2D eigenvalue weighted by molar-refractivity contribution is -0.0327. The zero-order valence-corrected chi connectivity index (χ0v) is 21.9. The minimum Gasteiger partial charge on any atom is -0.370 e. The number of nitrogens with zero attached hydrogens (tertiary/aromatic N) is 7. The molecule has 10 nitrogen and oxygen atoms in total. The van der Waals surface area contributed by atoms with Crippen molar-refractivity contribution in [3.05, 3.63) is 48.2 Å². The van der Waals surface area contributed by atoms with E-state index in [0.29, 0.717) is 43.2 Å². The van der Waals surface area contributed by atoms with Gasteiger partial charge in [0.2, 0.25) is 0 Å². The molecule has 206 valence electrons. The van der Waals surface area contributed by atoms with Gasteiger partial charge < -0.3 is 25.2 Å². The van der Waals surface area contributed by atoms with Crippen molar-refractivity contribution >= 4 is 22.7 Å². The first-order valence-electron chi connectivity index (χ1n) is 13.5. The normalized spacial score (nSPS) is 26.2. The highest BCUT2D eigenvalue weighted by Crippen LogP contribution is 2.29. The molecule has 3 saturated heterocycles. The maximum atomic E-state index is 14.7. The Hall–Kier alpha value is -3.53. The summed E-state index contributed by atoms with van der Waals surface area (Å²) in [5.41, 5.74) is 2.41. The quantitative estimate of drug-likeness (QED) is 0.489. The van der Waals surface area contributed by atoms with Crippen molar-refractivity contribution in [1.82, 2.24) is 24.8 Å². The SMILES string of the molecule is CC1CN(c2ccc(C#N)n3ncc(F)c23)CC(CN2CCN(c3ccc(NC4CNCC4F)nc3)CC2)O1. The third-order valence-electron chi connectivity index (χ3n) is 7.80. The number of piperazine rings is 1. The number of anilines is 3. The second-order valence-corrected chi connectivity index (χ2v) is 10.6. The van der Waals surface area contributed by atoms with Crippen molar-refractivity contribution in [2.45, 2.75) is 31.3 Å². The molecular formula is C27H33F2N9O. The molecule has 4 atom stereocenters. The topological polar surface area (TPSA) is 97.0 Å². The van der Waals surface area contributed by atoms with E-state index in [2.05, 4.69) is 41.5 Å². The first-order valence-corrected chi connectivity index (χ1v) is 13.5. The summed E-state index contributed by atoms with van der Waals surface area (Å²) in [7, 11) is 0. The molecule has 0 saturated carbocycles. The zero-order valence-electron chi connectivity index (χ0n) is 21.9. The van der Waals surface area contributed by atoms with Gasteiger partial charge in [0.05, 0.1) is 42.0 Å². The molecule has 0 aromatic carbocycles. The van der Waals surface area contributed by atoms with Gasteiger partial charge in [-0.1, -0.05) is 0 Å². The van der Waals surface area contributed by atoms with Crippen molar-refractivity contribution in [2.75, 3.05) is 74.0 Å². The molecule has 3 aliphatic heterocycles. The summed E-state index contributed by atoms with van der Waals surface area (Å²) in [6.07, 6.45) is 2.06. The largest absolute Gasteiger partial charge is 0.370 e. The van der Waals surface area contributed by atoms with Gasteiger partial charge in [-0.2, -0.15) is 10.4 Å². The molecule has 12 heteroatoms. The van der Waals surface area contributed by atoms with E-state index < -0.39 is 12.0 Å². The van der Waals surface area contributed by atoms with E-state index in [-0.39, 0.29) is 18.2 Å². The van der Waals surface area contributed by atoms with Gasteiger partial charge in [0.15, 0.2) is 5.82 Å². The molecule has 3 aliphatic rings. The predicted molar refractivity (Wildman–Crippen MR) is 144 cm³/mol. The third-order valence-corrected chi connectivity index (χ3v) is 7.80. The van der Waals surface area contributed by atoms with Crippen LogP contribution in [0.2, 0.25) is 0 Å². The lowest BCUT2D eigenvalue weighted by Gasteiger charge is -2.42. The van der Waals surface area contributed by atoms with E-state index in [1.807, 2.05) is 31.3 Å². The number of nitrogens with one attached hydrogen (secondary N) is 2. The summed E-state index contributed by atoms with van der Waals surface area (Å²) in [4.78, 5) is 11.4. The second-order valence-electron chi connectivity index (χ2n) is 10.6. The summed E-state index contributed by atoms with van der Waals surface area (Å²) in [6, 6.07) is 9.29. The van der Waals surface area contributed by atoms with Crippen LogP contribution in [0.1, 0.15) is 12.6 Å². The lowest BCUT2D eigenvalue weighted by Crippen LogP contribution is -2.54. The van der Waals surface area contributed by atoms with Crippen LogP contribution in [0.15, 0.2) is 36.7 Å². The van der Waals surface area contributed by atoms with Gasteiger partial charge in [0.1, 0.15) is 29.3 Å². The Morgan fingerprint density at radius 3 is 2.67 bits per heavy atom. The number of halogens is 2. The lowest BCUT2D eigenvalue weighted by atomic mass is 10.1. The van der Waals surface area contributed by atoms with E-state index >= 15 is 0 Å². The highest BCUT2D eigenvalue weighted by molar-refractivity contribution is 5.74. The number of rotatable bonds is 6. The molecule has 3 fully saturated rings. The first-order chi connectivity index (χ1) is 19.0. The standard InChI is InChI=1S/C27H33F2N9O/c1-18-15-37(25-4-2-19(10-30)38-27(25)23(29)13-33-38)17-21(39-18)16-35-6-8-36(9-7-35)20-3-5-26(32-11-20)34-24-14-31-12-22(24)28/h2-5,11,13,18,21-22,24,31H,6-9,12,14-17H2,1H3,(H,32,34). The number of aromatic nitrogens is 3. The number of morpholine rings is 1. The van der Waals surface area contributed by atoms with Crippen molar-refractivity contribution in [3.8, 4) is 6.07 Å². The molecule has 2 N–H and O–H groups in total. The van der Waals surface area contributed by atoms with Crippen LogP contribution in [-0.4, -0.2) is 103 Å². The predicted octanol–water partition coefficient (Wildman–Crippen LogP) is 1.88. The fourth-order valence-corrected chi connectivity index (χ4v) is 5.85. The van der Waals surface area contributed by atoms with Crippen LogP contribution in [0, 0.1) is 17.1 Å². The molecule has 0 bridgehead atoms. The van der Waals surface area contributed by atoms with Crippen LogP contribution in [0.25, 0.3) is 5.52 Å². The molecule has 4 unspecified atom stereocenters. The zero-order chi connectivity index (χ0) is 26.9. The molecular weight excluding hydrogens is 504 g/mol. The maximum absolute atomic E-state index is 14.7. The number of hydrogen-bond acceptors (Lipinski definition) is 9.